The largest absolute Gasteiger partial charge is 0.424 e. The Morgan fingerprint density at radius 2 is 1.97 bits per heavy atom. The first kappa shape index (κ1) is 21.2. The Labute approximate surface area is 206 Å². The number of aryl methyl sites for hydroxylation is 1. The summed E-state index contributed by atoms with van der Waals surface area (Å²) in [7, 11) is 0. The smallest absolute Gasteiger partial charge is 0.232 e. The lowest BCUT2D eigenvalue weighted by molar-refractivity contribution is -0.131. The number of nitrogens with zero attached hydrogens (tertiary/aromatic N) is 7. The highest BCUT2D eigenvalue weighted by atomic mass is 16.4. The zero-order chi connectivity index (χ0) is 24.1. The topological polar surface area (TPSA) is 139 Å². The lowest BCUT2D eigenvalue weighted by Gasteiger charge is -2.25. The summed E-state index contributed by atoms with van der Waals surface area (Å²) in [6.45, 7) is 1.08. The van der Waals surface area contributed by atoms with Crippen molar-refractivity contribution < 1.29 is 9.21 Å². The average Bonchev–Trinajstić information content (AvgIpc) is 3.68. The molecular formula is C25H25N9O2. The van der Waals surface area contributed by atoms with E-state index in [9.17, 15) is 4.79 Å². The van der Waals surface area contributed by atoms with Crippen LogP contribution in [0.5, 0.6) is 0 Å². The van der Waals surface area contributed by atoms with E-state index in [-0.39, 0.29) is 18.2 Å². The van der Waals surface area contributed by atoms with Gasteiger partial charge >= 0.3 is 0 Å². The van der Waals surface area contributed by atoms with E-state index >= 15 is 0 Å². The Hall–Kier alpha value is -4.15. The van der Waals surface area contributed by atoms with Crippen LogP contribution in [-0.4, -0.2) is 59.0 Å². The number of amides is 1. The molecule has 0 fully saturated rings. The SMILES string of the molecule is O=C(Cc1nnc([C@@H]2CCc3nc(NC4Cc5ccccc5C4)ncc32)o1)N1CCc2nn[nH]c2C1. The number of hydrogen-bond acceptors (Lipinski definition) is 9. The van der Waals surface area contributed by atoms with Crippen molar-refractivity contribution in [3.05, 3.63) is 76.0 Å². The van der Waals surface area contributed by atoms with Crippen molar-refractivity contribution in [1.82, 2.24) is 40.5 Å². The molecule has 2 aliphatic carbocycles. The maximum atomic E-state index is 12.8. The van der Waals surface area contributed by atoms with Gasteiger partial charge in [-0.05, 0) is 36.8 Å². The van der Waals surface area contributed by atoms with Gasteiger partial charge in [0.15, 0.2) is 0 Å². The third-order valence-corrected chi connectivity index (χ3v) is 7.44. The third kappa shape index (κ3) is 3.80. The monoisotopic (exact) mass is 483 g/mol. The second-order valence-electron chi connectivity index (χ2n) is 9.72. The summed E-state index contributed by atoms with van der Waals surface area (Å²) in [4.78, 5) is 24.0. The van der Waals surface area contributed by atoms with Gasteiger partial charge in [-0.25, -0.2) is 9.97 Å². The van der Waals surface area contributed by atoms with Gasteiger partial charge in [-0.3, -0.25) is 9.89 Å². The minimum absolute atomic E-state index is 0.0465. The maximum absolute atomic E-state index is 12.8. The molecule has 0 radical (unpaired) electrons. The summed E-state index contributed by atoms with van der Waals surface area (Å²) in [5.74, 6) is 1.42. The van der Waals surface area contributed by atoms with E-state index in [2.05, 4.69) is 60.2 Å². The number of fused-ring (bicyclic) bond motifs is 3. The van der Waals surface area contributed by atoms with Gasteiger partial charge < -0.3 is 14.6 Å². The van der Waals surface area contributed by atoms with Crippen molar-refractivity contribution in [3.8, 4) is 0 Å². The fraction of sp³-hybridized carbons (Fsp3) is 0.400. The summed E-state index contributed by atoms with van der Waals surface area (Å²) < 4.78 is 5.94. The van der Waals surface area contributed by atoms with Gasteiger partial charge in [0, 0.05) is 36.5 Å². The molecule has 3 aliphatic rings. The van der Waals surface area contributed by atoms with E-state index in [4.69, 9.17) is 9.40 Å². The quantitative estimate of drug-likeness (QED) is 0.435. The highest BCUT2D eigenvalue weighted by Gasteiger charge is 2.32. The normalized spacial score (nSPS) is 18.7. The lowest BCUT2D eigenvalue weighted by atomic mass is 10.0. The highest BCUT2D eigenvalue weighted by molar-refractivity contribution is 5.78. The first-order valence-electron chi connectivity index (χ1n) is 12.4. The van der Waals surface area contributed by atoms with E-state index in [0.717, 1.165) is 48.3 Å². The number of aromatic nitrogens is 7. The lowest BCUT2D eigenvalue weighted by Crippen LogP contribution is -2.37. The number of H-pyrrole nitrogens is 1. The van der Waals surface area contributed by atoms with E-state index in [1.807, 2.05) is 6.20 Å². The average molecular weight is 484 g/mol. The second-order valence-corrected chi connectivity index (χ2v) is 9.72. The van der Waals surface area contributed by atoms with Crippen LogP contribution in [0.1, 0.15) is 57.9 Å². The minimum Gasteiger partial charge on any atom is -0.424 e. The molecule has 7 rings (SSSR count). The van der Waals surface area contributed by atoms with Crippen LogP contribution < -0.4 is 5.32 Å². The zero-order valence-electron chi connectivity index (χ0n) is 19.6. The molecule has 0 saturated heterocycles. The molecule has 1 amide bonds. The van der Waals surface area contributed by atoms with Crippen molar-refractivity contribution in [3.63, 3.8) is 0 Å². The molecule has 11 heteroatoms. The summed E-state index contributed by atoms with van der Waals surface area (Å²) in [5, 5.41) is 22.7. The summed E-state index contributed by atoms with van der Waals surface area (Å²) in [5.41, 5.74) is 6.63. The molecule has 3 aromatic heterocycles. The molecule has 1 aromatic carbocycles. The predicted molar refractivity (Wildman–Crippen MR) is 127 cm³/mol. The number of nitrogens with one attached hydrogen (secondary N) is 2. The first-order chi connectivity index (χ1) is 17.7. The Kier molecular flexibility index (Phi) is 5.00. The van der Waals surface area contributed by atoms with Gasteiger partial charge in [0.1, 0.15) is 6.42 Å². The van der Waals surface area contributed by atoms with Crippen LogP contribution in [0.2, 0.25) is 0 Å². The van der Waals surface area contributed by atoms with Crippen molar-refractivity contribution in [1.29, 1.82) is 0 Å². The van der Waals surface area contributed by atoms with E-state index in [0.29, 0.717) is 43.3 Å². The predicted octanol–water partition coefficient (Wildman–Crippen LogP) is 1.76. The molecular weight excluding hydrogens is 458 g/mol. The Balaban J connectivity index is 1.01. The van der Waals surface area contributed by atoms with Crippen LogP contribution in [0.25, 0.3) is 0 Å². The molecule has 36 heavy (non-hydrogen) atoms. The first-order valence-corrected chi connectivity index (χ1v) is 12.4. The minimum atomic E-state index is -0.0506. The van der Waals surface area contributed by atoms with Crippen molar-refractivity contribution in [2.45, 2.75) is 57.0 Å². The molecule has 182 valence electrons. The number of carbonyl (C=O) groups is 1. The van der Waals surface area contributed by atoms with Gasteiger partial charge in [0.2, 0.25) is 23.6 Å². The molecule has 1 atom stereocenters. The number of hydrogen-bond donors (Lipinski definition) is 2. The van der Waals surface area contributed by atoms with E-state index < -0.39 is 0 Å². The molecule has 0 bridgehead atoms. The van der Waals surface area contributed by atoms with Gasteiger partial charge in [0.25, 0.3) is 0 Å². The maximum Gasteiger partial charge on any atom is 0.232 e. The number of anilines is 1. The fourth-order valence-electron chi connectivity index (χ4n) is 5.57. The van der Waals surface area contributed by atoms with Crippen LogP contribution in [0, 0.1) is 0 Å². The molecule has 11 nitrogen and oxygen atoms in total. The molecule has 4 heterocycles. The standard InChI is InChI=1S/C25H25N9O2/c35-23(34-8-7-20-21(13-34)30-33-29-20)11-22-31-32-24(36-22)17-5-6-19-18(17)12-26-25(28-19)27-16-9-14-3-1-2-4-15(14)10-16/h1-4,12,16-17H,5-11,13H2,(H,26,27,28)(H,29,30,33)/t17-/m1/s1. The van der Waals surface area contributed by atoms with Gasteiger partial charge in [-0.2, -0.15) is 0 Å². The van der Waals surface area contributed by atoms with Crippen LogP contribution in [-0.2, 0) is 43.4 Å². The molecule has 0 saturated carbocycles. The van der Waals surface area contributed by atoms with Crippen molar-refractivity contribution in [2.75, 3.05) is 11.9 Å². The van der Waals surface area contributed by atoms with Gasteiger partial charge in [0.05, 0.1) is 23.9 Å². The second kappa shape index (κ2) is 8.51. The van der Waals surface area contributed by atoms with Crippen LogP contribution in [0.4, 0.5) is 5.95 Å². The molecule has 0 spiro atoms. The number of carbonyl (C=O) groups excluding carboxylic acids is 1. The Morgan fingerprint density at radius 3 is 2.83 bits per heavy atom. The van der Waals surface area contributed by atoms with Crippen LogP contribution in [0.15, 0.2) is 34.9 Å². The number of benzene rings is 1. The molecule has 4 aromatic rings. The summed E-state index contributed by atoms with van der Waals surface area (Å²) in [6.07, 6.45) is 6.28. The molecule has 2 N–H and O–H groups in total. The highest BCUT2D eigenvalue weighted by Crippen LogP contribution is 2.37. The van der Waals surface area contributed by atoms with Crippen LogP contribution in [0.3, 0.4) is 0 Å². The Bertz CT molecular complexity index is 1420. The van der Waals surface area contributed by atoms with E-state index in [1.54, 1.807) is 4.90 Å². The molecule has 1 aliphatic heterocycles. The van der Waals surface area contributed by atoms with Crippen molar-refractivity contribution >= 4 is 11.9 Å². The summed E-state index contributed by atoms with van der Waals surface area (Å²) >= 11 is 0. The van der Waals surface area contributed by atoms with Crippen molar-refractivity contribution in [2.24, 2.45) is 0 Å². The zero-order valence-corrected chi connectivity index (χ0v) is 19.6. The molecule has 0 unspecified atom stereocenters. The number of rotatable bonds is 5. The Morgan fingerprint density at radius 1 is 1.11 bits per heavy atom. The number of aromatic amines is 1. The van der Waals surface area contributed by atoms with E-state index in [1.165, 1.54) is 11.1 Å². The fourth-order valence-corrected chi connectivity index (χ4v) is 5.57. The van der Waals surface area contributed by atoms with Gasteiger partial charge in [-0.15, -0.1) is 15.3 Å². The third-order valence-electron chi connectivity index (χ3n) is 7.44. The summed E-state index contributed by atoms with van der Waals surface area (Å²) in [6, 6.07) is 8.87. The van der Waals surface area contributed by atoms with Crippen LogP contribution >= 0.6 is 0 Å². The van der Waals surface area contributed by atoms with Gasteiger partial charge in [-0.1, -0.05) is 29.5 Å².